The van der Waals surface area contributed by atoms with Crippen LogP contribution >= 0.6 is 15.9 Å². The summed E-state index contributed by atoms with van der Waals surface area (Å²) in [5, 5.41) is 10.2. The number of benzene rings is 1. The number of carbonyl (C=O) groups is 3. The lowest BCUT2D eigenvalue weighted by Crippen LogP contribution is -2.59. The molecule has 0 aromatic heterocycles. The fourth-order valence-electron chi connectivity index (χ4n) is 6.12. The van der Waals surface area contributed by atoms with Gasteiger partial charge in [0.25, 0.3) is 5.91 Å². The highest BCUT2D eigenvalue weighted by Crippen LogP contribution is 2.60. The van der Waals surface area contributed by atoms with E-state index in [-0.39, 0.29) is 36.4 Å². The molecule has 38 heavy (non-hydrogen) atoms. The summed E-state index contributed by atoms with van der Waals surface area (Å²) in [5.41, 5.74) is -0.646. The second kappa shape index (κ2) is 11.6. The highest BCUT2D eigenvalue weighted by Gasteiger charge is 2.77. The van der Waals surface area contributed by atoms with Gasteiger partial charge in [-0.05, 0) is 43.5 Å². The SMILES string of the molecule is C=CCCOC(=O)[C@H]1[C@@H]2OC3(CC2Br)C(C(=O)N(CC=C)c2ccc(OC)cc2)N([C@@H](CC)CO)C(=O)[C@H]13. The number of halogens is 1. The molecule has 1 aromatic rings. The van der Waals surface area contributed by atoms with Crippen molar-refractivity contribution in [2.45, 2.75) is 54.8 Å². The number of esters is 1. The molecule has 1 spiro atoms. The Morgan fingerprint density at radius 2 is 2.03 bits per heavy atom. The van der Waals surface area contributed by atoms with Gasteiger partial charge >= 0.3 is 5.97 Å². The van der Waals surface area contributed by atoms with Crippen molar-refractivity contribution < 1.29 is 33.7 Å². The van der Waals surface area contributed by atoms with Crippen LogP contribution in [0.3, 0.4) is 0 Å². The first-order chi connectivity index (χ1) is 18.3. The second-order valence-electron chi connectivity index (χ2n) is 9.83. The minimum Gasteiger partial charge on any atom is -0.497 e. The summed E-state index contributed by atoms with van der Waals surface area (Å²) < 4.78 is 17.3. The Bertz CT molecular complexity index is 1080. The first-order valence-corrected chi connectivity index (χ1v) is 13.8. The number of carbonyl (C=O) groups excluding carboxylic acids is 3. The molecule has 10 heteroatoms. The van der Waals surface area contributed by atoms with E-state index in [0.717, 1.165) is 0 Å². The van der Waals surface area contributed by atoms with Gasteiger partial charge in [-0.1, -0.05) is 35.0 Å². The van der Waals surface area contributed by atoms with Crippen molar-refractivity contribution in [2.24, 2.45) is 11.8 Å². The molecular formula is C28H35BrN2O7. The van der Waals surface area contributed by atoms with Crippen LogP contribution in [0, 0.1) is 11.8 Å². The molecule has 0 radical (unpaired) electrons. The van der Waals surface area contributed by atoms with Crippen molar-refractivity contribution in [1.82, 2.24) is 4.90 Å². The molecule has 3 heterocycles. The number of hydrogen-bond donors (Lipinski definition) is 1. The summed E-state index contributed by atoms with van der Waals surface area (Å²) in [5.74, 6) is -2.38. The number of aliphatic hydroxyl groups excluding tert-OH is 1. The maximum absolute atomic E-state index is 14.5. The molecule has 3 aliphatic heterocycles. The third-order valence-corrected chi connectivity index (χ3v) is 8.68. The minimum absolute atomic E-state index is 0.150. The molecule has 2 bridgehead atoms. The number of methoxy groups -OCH3 is 1. The number of ether oxygens (including phenoxy) is 3. The van der Waals surface area contributed by atoms with Crippen LogP contribution in [0.4, 0.5) is 5.69 Å². The molecule has 3 saturated heterocycles. The smallest absolute Gasteiger partial charge is 0.312 e. The first-order valence-electron chi connectivity index (χ1n) is 12.9. The van der Waals surface area contributed by atoms with Gasteiger partial charge in [0.1, 0.15) is 17.4 Å². The number of hydrogen-bond acceptors (Lipinski definition) is 7. The van der Waals surface area contributed by atoms with Crippen molar-refractivity contribution in [3.8, 4) is 5.75 Å². The molecule has 3 aliphatic rings. The Balaban J connectivity index is 1.78. The van der Waals surface area contributed by atoms with Crippen LogP contribution in [0.15, 0.2) is 49.6 Å². The van der Waals surface area contributed by atoms with E-state index in [9.17, 15) is 19.5 Å². The van der Waals surface area contributed by atoms with E-state index in [4.69, 9.17) is 14.2 Å². The van der Waals surface area contributed by atoms with Gasteiger partial charge in [0.2, 0.25) is 5.91 Å². The molecular weight excluding hydrogens is 556 g/mol. The topological polar surface area (TPSA) is 106 Å². The van der Waals surface area contributed by atoms with Crippen molar-refractivity contribution in [3.05, 3.63) is 49.6 Å². The van der Waals surface area contributed by atoms with E-state index in [1.165, 1.54) is 4.90 Å². The number of fused-ring (bicyclic) bond motifs is 1. The number of nitrogens with zero attached hydrogens (tertiary/aromatic N) is 2. The number of likely N-dealkylation sites (tertiary alicyclic amines) is 1. The Morgan fingerprint density at radius 3 is 2.61 bits per heavy atom. The van der Waals surface area contributed by atoms with E-state index in [0.29, 0.717) is 30.7 Å². The van der Waals surface area contributed by atoms with Crippen LogP contribution in [0.1, 0.15) is 26.2 Å². The van der Waals surface area contributed by atoms with Crippen molar-refractivity contribution >= 4 is 39.4 Å². The molecule has 0 aliphatic carbocycles. The van der Waals surface area contributed by atoms with Gasteiger partial charge in [0.05, 0.1) is 44.3 Å². The summed E-state index contributed by atoms with van der Waals surface area (Å²) in [7, 11) is 1.56. The number of rotatable bonds is 12. The Kier molecular flexibility index (Phi) is 8.64. The van der Waals surface area contributed by atoms with Crippen molar-refractivity contribution in [2.75, 3.05) is 31.8 Å². The normalized spacial score (nSPS) is 30.1. The first kappa shape index (κ1) is 28.3. The molecule has 3 unspecified atom stereocenters. The lowest BCUT2D eigenvalue weighted by molar-refractivity contribution is -0.155. The zero-order valence-electron chi connectivity index (χ0n) is 21.8. The Hall–Kier alpha value is -2.69. The lowest BCUT2D eigenvalue weighted by Gasteiger charge is -2.39. The third kappa shape index (κ3) is 4.56. The predicted molar refractivity (Wildman–Crippen MR) is 145 cm³/mol. The molecule has 206 valence electrons. The van der Waals surface area contributed by atoms with Gasteiger partial charge in [-0.15, -0.1) is 13.2 Å². The third-order valence-electron chi connectivity index (χ3n) is 7.84. The van der Waals surface area contributed by atoms with Crippen LogP contribution in [0.25, 0.3) is 0 Å². The Morgan fingerprint density at radius 1 is 1.32 bits per heavy atom. The van der Waals surface area contributed by atoms with Gasteiger partial charge in [-0.2, -0.15) is 0 Å². The largest absolute Gasteiger partial charge is 0.497 e. The number of anilines is 1. The molecule has 0 saturated carbocycles. The van der Waals surface area contributed by atoms with Crippen LogP contribution < -0.4 is 9.64 Å². The second-order valence-corrected chi connectivity index (χ2v) is 11.0. The molecule has 9 nitrogen and oxygen atoms in total. The fraction of sp³-hybridized carbons (Fsp3) is 0.536. The zero-order valence-corrected chi connectivity index (χ0v) is 23.3. The van der Waals surface area contributed by atoms with Gasteiger partial charge in [0.15, 0.2) is 0 Å². The summed E-state index contributed by atoms with van der Waals surface area (Å²) in [6.45, 7) is 9.33. The van der Waals surface area contributed by atoms with Crippen LogP contribution in [0.2, 0.25) is 0 Å². The Labute approximate surface area is 231 Å². The van der Waals surface area contributed by atoms with E-state index in [1.54, 1.807) is 48.4 Å². The number of amides is 2. The molecule has 1 aromatic carbocycles. The maximum Gasteiger partial charge on any atom is 0.312 e. The van der Waals surface area contributed by atoms with Gasteiger partial charge in [-0.3, -0.25) is 14.4 Å². The lowest BCUT2D eigenvalue weighted by atomic mass is 9.70. The summed E-state index contributed by atoms with van der Waals surface area (Å²) in [4.78, 5) is 44.5. The zero-order chi connectivity index (χ0) is 27.6. The quantitative estimate of drug-likeness (QED) is 0.173. The molecule has 4 rings (SSSR count). The van der Waals surface area contributed by atoms with Crippen LogP contribution in [0.5, 0.6) is 5.75 Å². The highest BCUT2D eigenvalue weighted by molar-refractivity contribution is 9.09. The van der Waals surface area contributed by atoms with E-state index < -0.39 is 41.6 Å². The highest BCUT2D eigenvalue weighted by atomic mass is 79.9. The van der Waals surface area contributed by atoms with Crippen molar-refractivity contribution in [1.29, 1.82) is 0 Å². The van der Waals surface area contributed by atoms with Crippen molar-refractivity contribution in [3.63, 3.8) is 0 Å². The van der Waals surface area contributed by atoms with Crippen LogP contribution in [-0.4, -0.2) is 83.3 Å². The average molecular weight is 591 g/mol. The summed E-state index contributed by atoms with van der Waals surface area (Å²) in [6, 6.07) is 5.37. The monoisotopic (exact) mass is 590 g/mol. The standard InChI is InChI=1S/C28H35BrN2O7/c1-5-8-14-37-27(35)21-22-25(33)31(17(7-3)16-32)24(28(22)15-20(29)23(21)38-28)26(34)30(13-6-2)18-9-11-19(36-4)12-10-18/h5-6,9-12,17,20-24,32H,1-2,7-8,13-16H2,3-4H3/t17-,20?,21+,22-,23+,24?,28?/m0/s1. The van der Waals surface area contributed by atoms with Gasteiger partial charge < -0.3 is 29.1 Å². The van der Waals surface area contributed by atoms with E-state index >= 15 is 0 Å². The molecule has 1 N–H and O–H groups in total. The molecule has 7 atom stereocenters. The summed E-state index contributed by atoms with van der Waals surface area (Å²) in [6.07, 6.45) is 3.93. The van der Waals surface area contributed by atoms with Gasteiger partial charge in [-0.25, -0.2) is 0 Å². The average Bonchev–Trinajstić information content (AvgIpc) is 3.51. The summed E-state index contributed by atoms with van der Waals surface area (Å²) >= 11 is 3.65. The predicted octanol–water partition coefficient (Wildman–Crippen LogP) is 2.85. The van der Waals surface area contributed by atoms with Crippen LogP contribution in [-0.2, 0) is 23.9 Å². The number of alkyl halides is 1. The minimum atomic E-state index is -1.25. The fourth-order valence-corrected chi connectivity index (χ4v) is 7.07. The molecule has 2 amide bonds. The van der Waals surface area contributed by atoms with E-state index in [1.807, 2.05) is 6.92 Å². The van der Waals surface area contributed by atoms with Gasteiger partial charge in [0, 0.05) is 17.1 Å². The van der Waals surface area contributed by atoms with E-state index in [2.05, 4.69) is 29.1 Å². The molecule has 3 fully saturated rings. The number of aliphatic hydroxyl groups is 1. The maximum atomic E-state index is 14.5.